The van der Waals surface area contributed by atoms with E-state index in [0.717, 1.165) is 19.6 Å². The predicted molar refractivity (Wildman–Crippen MR) is 62.1 cm³/mol. The average molecular weight is 218 g/mol. The molecule has 0 saturated carbocycles. The van der Waals surface area contributed by atoms with Crippen molar-refractivity contribution in [3.05, 3.63) is 0 Å². The maximum absolute atomic E-state index is 11.2. The first kappa shape index (κ1) is 12.1. The first-order chi connectivity index (χ1) is 6.63. The Morgan fingerprint density at radius 1 is 1.50 bits per heavy atom. The van der Waals surface area contributed by atoms with Gasteiger partial charge >= 0.3 is 0 Å². The van der Waals surface area contributed by atoms with Crippen molar-refractivity contribution in [3.63, 3.8) is 0 Å². The minimum Gasteiger partial charge on any atom is -0.317 e. The van der Waals surface area contributed by atoms with E-state index in [2.05, 4.69) is 17.1 Å². The van der Waals surface area contributed by atoms with Gasteiger partial charge in [0.1, 0.15) is 0 Å². The van der Waals surface area contributed by atoms with Crippen LogP contribution in [-0.4, -0.2) is 53.3 Å². The van der Waals surface area contributed by atoms with Crippen molar-refractivity contribution in [3.8, 4) is 0 Å². The summed E-state index contributed by atoms with van der Waals surface area (Å²) >= 11 is 0. The standard InChI is InChI=1S/C10H22N2OS/c1-9(14(3)13)8-12-6-4-10(11-2)5-7-12/h9-11H,4-8H2,1-3H3. The Labute approximate surface area is 89.7 Å². The lowest BCUT2D eigenvalue weighted by atomic mass is 10.1. The molecule has 1 heterocycles. The number of piperidine rings is 1. The van der Waals surface area contributed by atoms with Gasteiger partial charge in [-0.1, -0.05) is 0 Å². The minimum absolute atomic E-state index is 0.307. The molecule has 0 aromatic rings. The normalized spacial score (nSPS) is 24.8. The van der Waals surface area contributed by atoms with Crippen LogP contribution in [0.25, 0.3) is 0 Å². The van der Waals surface area contributed by atoms with Crippen LogP contribution in [0.4, 0.5) is 0 Å². The third-order valence-corrected chi connectivity index (χ3v) is 4.36. The minimum atomic E-state index is -0.680. The van der Waals surface area contributed by atoms with Crippen LogP contribution < -0.4 is 5.32 Å². The van der Waals surface area contributed by atoms with Crippen LogP contribution in [-0.2, 0) is 10.8 Å². The molecule has 0 aliphatic carbocycles. The zero-order valence-corrected chi connectivity index (χ0v) is 10.3. The molecule has 1 rings (SSSR count). The van der Waals surface area contributed by atoms with Gasteiger partial charge in [0.25, 0.3) is 0 Å². The van der Waals surface area contributed by atoms with Crippen molar-refractivity contribution in [2.45, 2.75) is 31.1 Å². The Morgan fingerprint density at radius 2 is 2.07 bits per heavy atom. The molecule has 1 aliphatic heterocycles. The summed E-state index contributed by atoms with van der Waals surface area (Å²) in [6.45, 7) is 5.35. The lowest BCUT2D eigenvalue weighted by Crippen LogP contribution is -2.44. The van der Waals surface area contributed by atoms with Gasteiger partial charge in [-0.15, -0.1) is 0 Å². The largest absolute Gasteiger partial charge is 0.317 e. The molecule has 3 nitrogen and oxygen atoms in total. The van der Waals surface area contributed by atoms with E-state index < -0.39 is 10.8 Å². The molecule has 1 aliphatic rings. The zero-order chi connectivity index (χ0) is 10.6. The van der Waals surface area contributed by atoms with Crippen molar-refractivity contribution in [1.29, 1.82) is 0 Å². The molecule has 1 N–H and O–H groups in total. The monoisotopic (exact) mass is 218 g/mol. The first-order valence-electron chi connectivity index (χ1n) is 5.35. The topological polar surface area (TPSA) is 32.3 Å². The number of rotatable bonds is 4. The highest BCUT2D eigenvalue weighted by Crippen LogP contribution is 2.11. The maximum atomic E-state index is 11.2. The van der Waals surface area contributed by atoms with Gasteiger partial charge < -0.3 is 10.2 Å². The van der Waals surface area contributed by atoms with Gasteiger partial charge in [0.2, 0.25) is 0 Å². The second-order valence-corrected chi connectivity index (χ2v) is 5.97. The van der Waals surface area contributed by atoms with E-state index in [1.807, 2.05) is 7.05 Å². The smallest absolute Gasteiger partial charge is 0.0444 e. The van der Waals surface area contributed by atoms with Crippen LogP contribution in [0.15, 0.2) is 0 Å². The van der Waals surface area contributed by atoms with Crippen LogP contribution in [0.2, 0.25) is 0 Å². The molecule has 4 heteroatoms. The van der Waals surface area contributed by atoms with Crippen molar-refractivity contribution in [1.82, 2.24) is 10.2 Å². The zero-order valence-electron chi connectivity index (χ0n) is 9.45. The molecule has 1 saturated heterocycles. The Morgan fingerprint density at radius 3 is 2.50 bits per heavy atom. The summed E-state index contributed by atoms with van der Waals surface area (Å²) in [7, 11) is 1.35. The van der Waals surface area contributed by atoms with Gasteiger partial charge in [0.05, 0.1) is 0 Å². The second kappa shape index (κ2) is 5.83. The van der Waals surface area contributed by atoms with E-state index in [1.54, 1.807) is 6.26 Å². The summed E-state index contributed by atoms with van der Waals surface area (Å²) in [6, 6.07) is 0.689. The van der Waals surface area contributed by atoms with Crippen LogP contribution in [0.1, 0.15) is 19.8 Å². The molecule has 1 fully saturated rings. The third kappa shape index (κ3) is 3.67. The van der Waals surface area contributed by atoms with Gasteiger partial charge in [0.15, 0.2) is 0 Å². The molecule has 0 amide bonds. The number of nitrogens with one attached hydrogen (secondary N) is 1. The Bertz CT molecular complexity index is 191. The second-order valence-electron chi connectivity index (χ2n) is 4.17. The predicted octanol–water partition coefficient (Wildman–Crippen LogP) is 0.437. The summed E-state index contributed by atoms with van der Waals surface area (Å²) < 4.78 is 11.2. The molecule has 0 aromatic carbocycles. The fourth-order valence-electron chi connectivity index (χ4n) is 1.87. The molecule has 0 spiro atoms. The lowest BCUT2D eigenvalue weighted by molar-refractivity contribution is 0.203. The van der Waals surface area contributed by atoms with Gasteiger partial charge in [-0.25, -0.2) is 0 Å². The van der Waals surface area contributed by atoms with Gasteiger partial charge in [-0.05, 0) is 39.9 Å². The van der Waals surface area contributed by atoms with Crippen LogP contribution in [0.5, 0.6) is 0 Å². The van der Waals surface area contributed by atoms with E-state index in [1.165, 1.54) is 12.8 Å². The molecule has 0 aromatic heterocycles. The van der Waals surface area contributed by atoms with Crippen LogP contribution in [0.3, 0.4) is 0 Å². The Hall–Kier alpha value is 0.0700. The van der Waals surface area contributed by atoms with Crippen LogP contribution in [0, 0.1) is 0 Å². The van der Waals surface area contributed by atoms with Gasteiger partial charge in [0, 0.05) is 34.9 Å². The van der Waals surface area contributed by atoms with Crippen molar-refractivity contribution >= 4 is 10.8 Å². The molecule has 14 heavy (non-hydrogen) atoms. The third-order valence-electron chi connectivity index (χ3n) is 3.08. The van der Waals surface area contributed by atoms with Crippen molar-refractivity contribution in [2.75, 3.05) is 32.9 Å². The molecule has 0 radical (unpaired) electrons. The van der Waals surface area contributed by atoms with E-state index in [-0.39, 0.29) is 0 Å². The molecule has 2 atom stereocenters. The highest BCUT2D eigenvalue weighted by molar-refractivity contribution is 7.84. The van der Waals surface area contributed by atoms with E-state index in [4.69, 9.17) is 0 Å². The average Bonchev–Trinajstić information content (AvgIpc) is 2.19. The Balaban J connectivity index is 2.25. The SMILES string of the molecule is CNC1CCN(CC(C)S(C)=O)CC1. The van der Waals surface area contributed by atoms with E-state index in [0.29, 0.717) is 11.3 Å². The van der Waals surface area contributed by atoms with Gasteiger partial charge in [-0.2, -0.15) is 0 Å². The van der Waals surface area contributed by atoms with Crippen molar-refractivity contribution in [2.24, 2.45) is 0 Å². The van der Waals surface area contributed by atoms with Gasteiger partial charge in [-0.3, -0.25) is 4.21 Å². The number of nitrogens with zero attached hydrogens (tertiary/aromatic N) is 1. The molecule has 0 bridgehead atoms. The lowest BCUT2D eigenvalue weighted by Gasteiger charge is -2.32. The fraction of sp³-hybridized carbons (Fsp3) is 1.00. The summed E-state index contributed by atoms with van der Waals surface area (Å²) in [4.78, 5) is 2.43. The number of hydrogen-bond donors (Lipinski definition) is 1. The summed E-state index contributed by atoms with van der Waals surface area (Å²) in [6.07, 6.45) is 4.24. The molecular weight excluding hydrogens is 196 g/mol. The first-order valence-corrected chi connectivity index (χ1v) is 6.97. The van der Waals surface area contributed by atoms with Crippen molar-refractivity contribution < 1.29 is 4.21 Å². The van der Waals surface area contributed by atoms with Crippen LogP contribution >= 0.6 is 0 Å². The number of likely N-dealkylation sites (tertiary alicyclic amines) is 1. The fourth-order valence-corrected chi connectivity index (χ4v) is 2.29. The quantitative estimate of drug-likeness (QED) is 0.743. The molecular formula is C10H22N2OS. The summed E-state index contributed by atoms with van der Waals surface area (Å²) in [5.41, 5.74) is 0. The highest BCUT2D eigenvalue weighted by Gasteiger charge is 2.19. The summed E-state index contributed by atoms with van der Waals surface area (Å²) in [5.74, 6) is 0. The summed E-state index contributed by atoms with van der Waals surface area (Å²) in [5, 5.41) is 3.62. The Kier molecular flexibility index (Phi) is 5.06. The maximum Gasteiger partial charge on any atom is 0.0444 e. The van der Waals surface area contributed by atoms with E-state index >= 15 is 0 Å². The van der Waals surface area contributed by atoms with E-state index in [9.17, 15) is 4.21 Å². The molecule has 2 unspecified atom stereocenters. The highest BCUT2D eigenvalue weighted by atomic mass is 32.2. The molecule has 84 valence electrons. The number of hydrogen-bond acceptors (Lipinski definition) is 3.